The summed E-state index contributed by atoms with van der Waals surface area (Å²) in [5.74, 6) is -1.56. The molecule has 0 aliphatic rings. The van der Waals surface area contributed by atoms with Crippen LogP contribution in [-0.2, 0) is 0 Å². The van der Waals surface area contributed by atoms with Gasteiger partial charge in [0, 0.05) is 11.1 Å². The van der Waals surface area contributed by atoms with Crippen molar-refractivity contribution in [2.45, 2.75) is 0 Å². The maximum absolute atomic E-state index is 13.4. The molecule has 0 N–H and O–H groups in total. The van der Waals surface area contributed by atoms with E-state index < -0.39 is 11.6 Å². The molecule has 2 aromatic carbocycles. The van der Waals surface area contributed by atoms with E-state index in [9.17, 15) is 13.6 Å². The lowest BCUT2D eigenvalue weighted by molar-refractivity contribution is 0.104. The van der Waals surface area contributed by atoms with Crippen molar-refractivity contribution in [2.75, 3.05) is 7.11 Å². The maximum Gasteiger partial charge on any atom is 0.185 e. The van der Waals surface area contributed by atoms with E-state index in [1.165, 1.54) is 31.4 Å². The molecule has 2 nitrogen and oxygen atoms in total. The number of ketones is 1. The molecule has 0 unspecified atom stereocenters. The first-order chi connectivity index (χ1) is 9.61. The van der Waals surface area contributed by atoms with Crippen LogP contribution in [0.15, 0.2) is 48.5 Å². The van der Waals surface area contributed by atoms with E-state index in [0.29, 0.717) is 11.3 Å². The quantitative estimate of drug-likeness (QED) is 0.625. The molecule has 0 bridgehead atoms. The predicted octanol–water partition coefficient (Wildman–Crippen LogP) is 3.87. The lowest BCUT2D eigenvalue weighted by atomic mass is 10.1. The molecule has 0 heterocycles. The van der Waals surface area contributed by atoms with Crippen LogP contribution in [-0.4, -0.2) is 12.9 Å². The first-order valence-corrected chi connectivity index (χ1v) is 5.92. The second-order valence-electron chi connectivity index (χ2n) is 4.07. The van der Waals surface area contributed by atoms with E-state index in [-0.39, 0.29) is 11.3 Å². The maximum atomic E-state index is 13.4. The van der Waals surface area contributed by atoms with Crippen molar-refractivity contribution in [1.29, 1.82) is 0 Å². The minimum absolute atomic E-state index is 0.0341. The lowest BCUT2D eigenvalue weighted by Gasteiger charge is -2.00. The van der Waals surface area contributed by atoms with Crippen molar-refractivity contribution >= 4 is 11.9 Å². The first-order valence-electron chi connectivity index (χ1n) is 5.92. The van der Waals surface area contributed by atoms with E-state index in [1.54, 1.807) is 24.3 Å². The number of benzene rings is 2. The van der Waals surface area contributed by atoms with Crippen LogP contribution in [0.1, 0.15) is 15.9 Å². The summed E-state index contributed by atoms with van der Waals surface area (Å²) in [7, 11) is 1.53. The molecule has 0 aliphatic carbocycles. The third kappa shape index (κ3) is 3.09. The van der Waals surface area contributed by atoms with Gasteiger partial charge in [-0.25, -0.2) is 8.78 Å². The van der Waals surface area contributed by atoms with Crippen molar-refractivity contribution in [3.63, 3.8) is 0 Å². The zero-order valence-electron chi connectivity index (χ0n) is 10.8. The van der Waals surface area contributed by atoms with Gasteiger partial charge in [-0.15, -0.1) is 0 Å². The molecule has 102 valence electrons. The van der Waals surface area contributed by atoms with E-state index in [1.807, 2.05) is 0 Å². The van der Waals surface area contributed by atoms with Gasteiger partial charge in [0.25, 0.3) is 0 Å². The molecule has 2 aromatic rings. The SMILES string of the molecule is COc1ccc(C(=O)/C=C/c2cccc(F)c2F)cc1. The highest BCUT2D eigenvalue weighted by Crippen LogP contribution is 2.15. The van der Waals surface area contributed by atoms with E-state index in [4.69, 9.17) is 4.74 Å². The number of rotatable bonds is 4. The van der Waals surface area contributed by atoms with Gasteiger partial charge in [0.05, 0.1) is 7.11 Å². The van der Waals surface area contributed by atoms with Gasteiger partial charge in [-0.2, -0.15) is 0 Å². The molecule has 0 aliphatic heterocycles. The molecule has 0 amide bonds. The number of hydrogen-bond acceptors (Lipinski definition) is 2. The molecule has 0 fully saturated rings. The topological polar surface area (TPSA) is 26.3 Å². The van der Waals surface area contributed by atoms with Gasteiger partial charge in [-0.1, -0.05) is 12.1 Å². The third-order valence-electron chi connectivity index (χ3n) is 2.77. The fourth-order valence-corrected chi connectivity index (χ4v) is 1.67. The van der Waals surface area contributed by atoms with Crippen LogP contribution in [0.3, 0.4) is 0 Å². The molecule has 4 heteroatoms. The zero-order chi connectivity index (χ0) is 14.5. The summed E-state index contributed by atoms with van der Waals surface area (Å²) in [4.78, 5) is 11.9. The summed E-state index contributed by atoms with van der Waals surface area (Å²) in [6, 6.07) is 10.3. The molecule has 0 spiro atoms. The van der Waals surface area contributed by atoms with Crippen LogP contribution in [0.25, 0.3) is 6.08 Å². The Morgan fingerprint density at radius 1 is 1.10 bits per heavy atom. The van der Waals surface area contributed by atoms with Gasteiger partial charge in [-0.3, -0.25) is 4.79 Å². The standard InChI is InChI=1S/C16H12F2O2/c1-20-13-8-5-11(6-9-13)15(19)10-7-12-3-2-4-14(17)16(12)18/h2-10H,1H3/b10-7+. The third-order valence-corrected chi connectivity index (χ3v) is 2.77. The monoisotopic (exact) mass is 274 g/mol. The number of hydrogen-bond donors (Lipinski definition) is 0. The Morgan fingerprint density at radius 2 is 1.80 bits per heavy atom. The highest BCUT2D eigenvalue weighted by atomic mass is 19.2. The van der Waals surface area contributed by atoms with Crippen LogP contribution in [0.5, 0.6) is 5.75 Å². The van der Waals surface area contributed by atoms with Crippen molar-refractivity contribution in [3.8, 4) is 5.75 Å². The van der Waals surface area contributed by atoms with Crippen molar-refractivity contribution in [3.05, 3.63) is 71.3 Å². The number of allylic oxidation sites excluding steroid dienone is 1. The summed E-state index contributed by atoms with van der Waals surface area (Å²) < 4.78 is 31.4. The Bertz CT molecular complexity index is 646. The Hall–Kier alpha value is -2.49. The van der Waals surface area contributed by atoms with Gasteiger partial charge in [0.2, 0.25) is 0 Å². The summed E-state index contributed by atoms with van der Waals surface area (Å²) >= 11 is 0. The van der Waals surface area contributed by atoms with E-state index >= 15 is 0 Å². The summed E-state index contributed by atoms with van der Waals surface area (Å²) in [5.41, 5.74) is 0.478. The Labute approximate surface area is 115 Å². The highest BCUT2D eigenvalue weighted by Gasteiger charge is 2.06. The molecule has 0 saturated carbocycles. The average molecular weight is 274 g/mol. The minimum Gasteiger partial charge on any atom is -0.497 e. The van der Waals surface area contributed by atoms with Gasteiger partial charge in [-0.05, 0) is 42.5 Å². The van der Waals surface area contributed by atoms with Crippen molar-refractivity contribution in [2.24, 2.45) is 0 Å². The van der Waals surface area contributed by atoms with Crippen LogP contribution >= 0.6 is 0 Å². The molecular weight excluding hydrogens is 262 g/mol. The smallest absolute Gasteiger partial charge is 0.185 e. The molecule has 0 atom stereocenters. The van der Waals surface area contributed by atoms with Crippen molar-refractivity contribution in [1.82, 2.24) is 0 Å². The lowest BCUT2D eigenvalue weighted by Crippen LogP contribution is -1.95. The summed E-state index contributed by atoms with van der Waals surface area (Å²) in [6.07, 6.45) is 2.46. The highest BCUT2D eigenvalue weighted by molar-refractivity contribution is 6.06. The van der Waals surface area contributed by atoms with E-state index in [0.717, 1.165) is 6.07 Å². The summed E-state index contributed by atoms with van der Waals surface area (Å²) in [5, 5.41) is 0. The van der Waals surface area contributed by atoms with Crippen LogP contribution < -0.4 is 4.74 Å². The second-order valence-corrected chi connectivity index (χ2v) is 4.07. The Morgan fingerprint density at radius 3 is 2.45 bits per heavy atom. The number of carbonyl (C=O) groups excluding carboxylic acids is 1. The van der Waals surface area contributed by atoms with Crippen LogP contribution in [0.4, 0.5) is 8.78 Å². The number of carbonyl (C=O) groups is 1. The second kappa shape index (κ2) is 6.10. The summed E-state index contributed by atoms with van der Waals surface area (Å²) in [6.45, 7) is 0. The molecule has 20 heavy (non-hydrogen) atoms. The molecular formula is C16H12F2O2. The minimum atomic E-state index is -0.966. The molecule has 2 rings (SSSR count). The first kappa shape index (κ1) is 13.9. The normalized spacial score (nSPS) is 10.8. The van der Waals surface area contributed by atoms with Gasteiger partial charge in [0.1, 0.15) is 5.75 Å². The molecule has 0 saturated heterocycles. The predicted molar refractivity (Wildman–Crippen MR) is 72.7 cm³/mol. The Balaban J connectivity index is 2.18. The Kier molecular flexibility index (Phi) is 4.25. The average Bonchev–Trinajstić information content (AvgIpc) is 2.48. The van der Waals surface area contributed by atoms with E-state index in [2.05, 4.69) is 0 Å². The van der Waals surface area contributed by atoms with Crippen LogP contribution in [0, 0.1) is 11.6 Å². The number of halogens is 2. The molecule has 0 radical (unpaired) electrons. The fraction of sp³-hybridized carbons (Fsp3) is 0.0625. The van der Waals surface area contributed by atoms with Gasteiger partial charge < -0.3 is 4.74 Å². The number of ether oxygens (including phenoxy) is 1. The van der Waals surface area contributed by atoms with Crippen molar-refractivity contribution < 1.29 is 18.3 Å². The van der Waals surface area contributed by atoms with Crippen LogP contribution in [0.2, 0.25) is 0 Å². The fourth-order valence-electron chi connectivity index (χ4n) is 1.67. The van der Waals surface area contributed by atoms with Gasteiger partial charge in [0.15, 0.2) is 17.4 Å². The van der Waals surface area contributed by atoms with Gasteiger partial charge >= 0.3 is 0 Å². The zero-order valence-corrected chi connectivity index (χ0v) is 10.8. The molecule has 0 aromatic heterocycles. The largest absolute Gasteiger partial charge is 0.497 e. The number of methoxy groups -OCH3 is 1.